The third-order valence-corrected chi connectivity index (χ3v) is 2.14. The Bertz CT molecular complexity index is 365. The highest BCUT2D eigenvalue weighted by Crippen LogP contribution is 2.17. The summed E-state index contributed by atoms with van der Waals surface area (Å²) in [5.74, 6) is -0.867. The molecule has 74 valence electrons. The van der Waals surface area contributed by atoms with Crippen molar-refractivity contribution >= 4 is 12.0 Å². The van der Waals surface area contributed by atoms with E-state index in [-0.39, 0.29) is 0 Å². The van der Waals surface area contributed by atoms with Gasteiger partial charge in [0.1, 0.15) is 0 Å². The Hall–Kier alpha value is -1.57. The van der Waals surface area contributed by atoms with Gasteiger partial charge in [-0.1, -0.05) is 31.2 Å². The van der Waals surface area contributed by atoms with Crippen LogP contribution in [-0.2, 0) is 6.42 Å². The van der Waals surface area contributed by atoms with E-state index in [9.17, 15) is 4.79 Å². The van der Waals surface area contributed by atoms with Gasteiger partial charge in [-0.2, -0.15) is 0 Å². The molecule has 0 atom stereocenters. The highest BCUT2D eigenvalue weighted by atomic mass is 16.4. The molecule has 1 aromatic rings. The molecule has 0 unspecified atom stereocenters. The zero-order valence-corrected chi connectivity index (χ0v) is 8.45. The molecule has 1 rings (SSSR count). The molecular formula is C12H14O2. The van der Waals surface area contributed by atoms with Gasteiger partial charge in [-0.3, -0.25) is 0 Å². The van der Waals surface area contributed by atoms with Gasteiger partial charge in [0.25, 0.3) is 0 Å². The van der Waals surface area contributed by atoms with Crippen LogP contribution in [0.15, 0.2) is 24.3 Å². The molecule has 0 aliphatic rings. The van der Waals surface area contributed by atoms with Crippen LogP contribution in [0.5, 0.6) is 0 Å². The number of carbonyl (C=O) groups is 1. The summed E-state index contributed by atoms with van der Waals surface area (Å²) in [6.45, 7) is 3.91. The zero-order valence-electron chi connectivity index (χ0n) is 8.45. The van der Waals surface area contributed by atoms with Crippen molar-refractivity contribution in [3.05, 3.63) is 41.0 Å². The van der Waals surface area contributed by atoms with E-state index < -0.39 is 5.97 Å². The Morgan fingerprint density at radius 3 is 2.71 bits per heavy atom. The van der Waals surface area contributed by atoms with Crippen molar-refractivity contribution in [2.75, 3.05) is 0 Å². The first-order valence-electron chi connectivity index (χ1n) is 4.68. The molecule has 0 aliphatic heterocycles. The Kier molecular flexibility index (Phi) is 3.46. The second-order valence-electron chi connectivity index (χ2n) is 3.04. The molecule has 0 aromatic heterocycles. The minimum atomic E-state index is -0.867. The number of carboxylic acid groups (broad SMARTS) is 1. The number of hydrogen-bond donors (Lipinski definition) is 1. The summed E-state index contributed by atoms with van der Waals surface area (Å²) < 4.78 is 0. The van der Waals surface area contributed by atoms with Gasteiger partial charge in [-0.05, 0) is 30.5 Å². The standard InChI is InChI=1S/C12H14O2/c1-3-6-10-9(4-2)7-5-8-11(10)12(13)14/h3,5-8H,4H2,1-2H3,(H,13,14). The van der Waals surface area contributed by atoms with Gasteiger partial charge >= 0.3 is 5.97 Å². The van der Waals surface area contributed by atoms with Crippen molar-refractivity contribution in [2.24, 2.45) is 0 Å². The first kappa shape index (κ1) is 10.5. The van der Waals surface area contributed by atoms with E-state index in [1.807, 2.05) is 32.1 Å². The molecule has 14 heavy (non-hydrogen) atoms. The monoisotopic (exact) mass is 190 g/mol. The first-order chi connectivity index (χ1) is 6.70. The van der Waals surface area contributed by atoms with E-state index in [2.05, 4.69) is 0 Å². The highest BCUT2D eigenvalue weighted by molar-refractivity contribution is 5.92. The summed E-state index contributed by atoms with van der Waals surface area (Å²) in [5, 5.41) is 8.98. The van der Waals surface area contributed by atoms with Crippen molar-refractivity contribution in [3.63, 3.8) is 0 Å². The molecule has 0 saturated carbocycles. The number of hydrogen-bond acceptors (Lipinski definition) is 1. The minimum Gasteiger partial charge on any atom is -0.478 e. The Morgan fingerprint density at radius 2 is 2.21 bits per heavy atom. The summed E-state index contributed by atoms with van der Waals surface area (Å²) in [6.07, 6.45) is 4.56. The average Bonchev–Trinajstić information content (AvgIpc) is 2.18. The molecular weight excluding hydrogens is 176 g/mol. The fourth-order valence-electron chi connectivity index (χ4n) is 1.47. The van der Waals surface area contributed by atoms with Crippen molar-refractivity contribution in [3.8, 4) is 0 Å². The van der Waals surface area contributed by atoms with Crippen LogP contribution >= 0.6 is 0 Å². The van der Waals surface area contributed by atoms with Gasteiger partial charge in [0.15, 0.2) is 0 Å². The Morgan fingerprint density at radius 1 is 1.50 bits per heavy atom. The summed E-state index contributed by atoms with van der Waals surface area (Å²) in [5.41, 5.74) is 2.27. The molecule has 0 fully saturated rings. The molecule has 0 saturated heterocycles. The predicted molar refractivity (Wildman–Crippen MR) is 57.5 cm³/mol. The number of rotatable bonds is 3. The van der Waals surface area contributed by atoms with Crippen LogP contribution in [0.4, 0.5) is 0 Å². The third kappa shape index (κ3) is 2.02. The fourth-order valence-corrected chi connectivity index (χ4v) is 1.47. The quantitative estimate of drug-likeness (QED) is 0.795. The van der Waals surface area contributed by atoms with E-state index in [4.69, 9.17) is 5.11 Å². The molecule has 0 heterocycles. The maximum Gasteiger partial charge on any atom is 0.336 e. The van der Waals surface area contributed by atoms with E-state index in [0.29, 0.717) is 5.56 Å². The highest BCUT2D eigenvalue weighted by Gasteiger charge is 2.09. The van der Waals surface area contributed by atoms with Crippen LogP contribution in [0.1, 0.15) is 35.3 Å². The van der Waals surface area contributed by atoms with Crippen molar-refractivity contribution in [2.45, 2.75) is 20.3 Å². The van der Waals surface area contributed by atoms with Crippen molar-refractivity contribution < 1.29 is 9.90 Å². The minimum absolute atomic E-state index is 0.377. The van der Waals surface area contributed by atoms with Gasteiger partial charge < -0.3 is 5.11 Å². The van der Waals surface area contributed by atoms with Crippen molar-refractivity contribution in [1.82, 2.24) is 0 Å². The van der Waals surface area contributed by atoms with E-state index >= 15 is 0 Å². The SMILES string of the molecule is CC=Cc1c(CC)cccc1C(=O)O. The summed E-state index contributed by atoms with van der Waals surface area (Å²) >= 11 is 0. The van der Waals surface area contributed by atoms with Crippen LogP contribution in [0.2, 0.25) is 0 Å². The molecule has 1 aromatic carbocycles. The second-order valence-corrected chi connectivity index (χ2v) is 3.04. The number of aryl methyl sites for hydroxylation is 1. The topological polar surface area (TPSA) is 37.3 Å². The first-order valence-corrected chi connectivity index (χ1v) is 4.68. The van der Waals surface area contributed by atoms with Crippen molar-refractivity contribution in [1.29, 1.82) is 0 Å². The Balaban J connectivity index is 3.35. The van der Waals surface area contributed by atoms with Crippen LogP contribution < -0.4 is 0 Å². The van der Waals surface area contributed by atoms with E-state index in [1.54, 1.807) is 12.1 Å². The predicted octanol–water partition coefficient (Wildman–Crippen LogP) is 2.98. The maximum atomic E-state index is 10.9. The molecule has 1 N–H and O–H groups in total. The number of carboxylic acids is 1. The molecule has 2 nitrogen and oxygen atoms in total. The summed E-state index contributed by atoms with van der Waals surface area (Å²) in [7, 11) is 0. The smallest absolute Gasteiger partial charge is 0.336 e. The lowest BCUT2D eigenvalue weighted by Gasteiger charge is -2.06. The van der Waals surface area contributed by atoms with Crippen LogP contribution in [0, 0.1) is 0 Å². The lowest BCUT2D eigenvalue weighted by atomic mass is 9.99. The maximum absolute atomic E-state index is 10.9. The van der Waals surface area contributed by atoms with E-state index in [1.165, 1.54) is 0 Å². The molecule has 0 radical (unpaired) electrons. The molecule has 0 amide bonds. The normalized spacial score (nSPS) is 10.7. The fraction of sp³-hybridized carbons (Fsp3) is 0.250. The van der Waals surface area contributed by atoms with Gasteiger partial charge in [-0.15, -0.1) is 0 Å². The zero-order chi connectivity index (χ0) is 10.6. The summed E-state index contributed by atoms with van der Waals surface area (Å²) in [6, 6.07) is 5.38. The number of benzene rings is 1. The molecule has 2 heteroatoms. The largest absolute Gasteiger partial charge is 0.478 e. The van der Waals surface area contributed by atoms with Gasteiger partial charge in [-0.25, -0.2) is 4.79 Å². The lowest BCUT2D eigenvalue weighted by molar-refractivity contribution is 0.0696. The van der Waals surface area contributed by atoms with E-state index in [0.717, 1.165) is 17.5 Å². The van der Waals surface area contributed by atoms with Gasteiger partial charge in [0.05, 0.1) is 5.56 Å². The molecule has 0 spiro atoms. The molecule has 0 aliphatic carbocycles. The Labute approximate surface area is 83.9 Å². The van der Waals surface area contributed by atoms with Gasteiger partial charge in [0, 0.05) is 0 Å². The summed E-state index contributed by atoms with van der Waals surface area (Å²) in [4.78, 5) is 10.9. The van der Waals surface area contributed by atoms with Crippen LogP contribution in [0.25, 0.3) is 6.08 Å². The van der Waals surface area contributed by atoms with Gasteiger partial charge in [0.2, 0.25) is 0 Å². The van der Waals surface area contributed by atoms with Crippen LogP contribution in [0.3, 0.4) is 0 Å². The lowest BCUT2D eigenvalue weighted by Crippen LogP contribution is -2.02. The van der Waals surface area contributed by atoms with Crippen LogP contribution in [-0.4, -0.2) is 11.1 Å². The number of aromatic carboxylic acids is 1. The third-order valence-electron chi connectivity index (χ3n) is 2.14. The molecule has 0 bridgehead atoms. The average molecular weight is 190 g/mol. The number of allylic oxidation sites excluding steroid dienone is 1. The second kappa shape index (κ2) is 4.61.